The number of hydrogen-bond donors (Lipinski definition) is 2. The highest BCUT2D eigenvalue weighted by Gasteiger charge is 2.31. The average molecular weight is 364 g/mol. The van der Waals surface area contributed by atoms with E-state index in [4.69, 9.17) is 10.5 Å². The van der Waals surface area contributed by atoms with Gasteiger partial charge in [-0.2, -0.15) is 5.10 Å². The van der Waals surface area contributed by atoms with Crippen LogP contribution in [0.25, 0.3) is 5.69 Å². The molecule has 0 radical (unpaired) electrons. The lowest BCUT2D eigenvalue weighted by Gasteiger charge is -2.27. The maximum atomic E-state index is 12.7. The van der Waals surface area contributed by atoms with Crippen molar-refractivity contribution >= 4 is 21.6 Å². The smallest absolute Gasteiger partial charge is 0.269 e. The second-order valence-electron chi connectivity index (χ2n) is 6.00. The second kappa shape index (κ2) is 6.85. The Morgan fingerprint density at radius 2 is 2.12 bits per heavy atom. The fourth-order valence-electron chi connectivity index (χ4n) is 2.82. The van der Waals surface area contributed by atoms with Crippen LogP contribution in [0.15, 0.2) is 36.5 Å². The molecule has 1 aromatic carbocycles. The van der Waals surface area contributed by atoms with Crippen LogP contribution < -0.4 is 10.5 Å². The minimum absolute atomic E-state index is 0.0881. The Balaban J connectivity index is 1.89. The molecule has 3 rings (SSSR count). The number of benzene rings is 1. The number of carbonyl (C=O) groups excluding carboxylic acids is 1. The molecular formula is C16H20N4O4S. The predicted octanol–water partition coefficient (Wildman–Crippen LogP) is 1.28. The van der Waals surface area contributed by atoms with E-state index in [9.17, 15) is 13.2 Å². The van der Waals surface area contributed by atoms with Crippen molar-refractivity contribution in [1.82, 2.24) is 9.78 Å². The van der Waals surface area contributed by atoms with E-state index in [1.165, 1.54) is 10.7 Å². The van der Waals surface area contributed by atoms with Crippen LogP contribution in [0.1, 0.15) is 30.3 Å². The Morgan fingerprint density at radius 3 is 2.80 bits per heavy atom. The first kappa shape index (κ1) is 17.4. The van der Waals surface area contributed by atoms with E-state index in [0.717, 1.165) is 0 Å². The zero-order chi connectivity index (χ0) is 18.0. The van der Waals surface area contributed by atoms with Gasteiger partial charge in [-0.25, -0.2) is 13.1 Å². The van der Waals surface area contributed by atoms with Crippen molar-refractivity contribution in [3.05, 3.63) is 42.2 Å². The molecule has 2 aromatic rings. The summed E-state index contributed by atoms with van der Waals surface area (Å²) in [5, 5.41) is 3.57. The zero-order valence-corrected chi connectivity index (χ0v) is 14.6. The molecule has 25 heavy (non-hydrogen) atoms. The van der Waals surface area contributed by atoms with Gasteiger partial charge in [-0.15, -0.1) is 0 Å². The van der Waals surface area contributed by atoms with E-state index in [0.29, 0.717) is 30.8 Å². The summed E-state index contributed by atoms with van der Waals surface area (Å²) < 4.78 is 35.0. The molecular weight excluding hydrogens is 344 g/mol. The number of para-hydroxylation sites is 2. The number of rotatable bonds is 5. The molecule has 0 saturated carbocycles. The third-order valence-electron chi connectivity index (χ3n) is 4.12. The summed E-state index contributed by atoms with van der Waals surface area (Å²) in [6, 6.07) is 8.33. The number of ether oxygens (including phenoxy) is 1. The molecule has 0 bridgehead atoms. The molecule has 3 N–H and O–H groups in total. The Kier molecular flexibility index (Phi) is 4.78. The summed E-state index contributed by atoms with van der Waals surface area (Å²) >= 11 is 0. The van der Waals surface area contributed by atoms with Gasteiger partial charge in [-0.3, -0.25) is 9.52 Å². The number of hydrogen-bond acceptors (Lipinski definition) is 5. The normalized spacial score (nSPS) is 21.0. The lowest BCUT2D eigenvalue weighted by Crippen LogP contribution is -2.36. The molecule has 1 fully saturated rings. The van der Waals surface area contributed by atoms with Crippen LogP contribution in [0.4, 0.5) is 5.69 Å². The first-order valence-corrected chi connectivity index (χ1v) is 9.49. The number of nitrogens with one attached hydrogen (secondary N) is 1. The van der Waals surface area contributed by atoms with Gasteiger partial charge in [0.15, 0.2) is 0 Å². The van der Waals surface area contributed by atoms with Gasteiger partial charge < -0.3 is 10.5 Å². The van der Waals surface area contributed by atoms with Crippen LogP contribution in [0, 0.1) is 0 Å². The second-order valence-corrected chi connectivity index (χ2v) is 7.96. The van der Waals surface area contributed by atoms with Gasteiger partial charge in [0.1, 0.15) is 5.69 Å². The molecule has 2 atom stereocenters. The van der Waals surface area contributed by atoms with Crippen LogP contribution in [0.2, 0.25) is 0 Å². The summed E-state index contributed by atoms with van der Waals surface area (Å²) in [5.74, 6) is -0.645. The van der Waals surface area contributed by atoms with Crippen LogP contribution in [0.5, 0.6) is 0 Å². The summed E-state index contributed by atoms with van der Waals surface area (Å²) in [6.07, 6.45) is 2.37. The summed E-state index contributed by atoms with van der Waals surface area (Å²) in [7, 11) is -3.57. The van der Waals surface area contributed by atoms with Crippen LogP contribution in [0.3, 0.4) is 0 Å². The zero-order valence-electron chi connectivity index (χ0n) is 13.8. The Morgan fingerprint density at radius 1 is 1.36 bits per heavy atom. The van der Waals surface area contributed by atoms with Crippen molar-refractivity contribution < 1.29 is 17.9 Å². The van der Waals surface area contributed by atoms with Gasteiger partial charge in [0.2, 0.25) is 10.0 Å². The average Bonchev–Trinajstić information content (AvgIpc) is 3.05. The monoisotopic (exact) mass is 364 g/mol. The van der Waals surface area contributed by atoms with E-state index in [2.05, 4.69) is 9.82 Å². The lowest BCUT2D eigenvalue weighted by atomic mass is 10.1. The maximum Gasteiger partial charge on any atom is 0.269 e. The van der Waals surface area contributed by atoms with Gasteiger partial charge in [0.05, 0.1) is 22.7 Å². The SMILES string of the molecule is CC1CC(S(=O)(=O)Nc2ccccc2-n2ccc(C(N)=O)n2)CCO1. The molecule has 2 unspecified atom stereocenters. The molecule has 0 aliphatic carbocycles. The lowest BCUT2D eigenvalue weighted by molar-refractivity contribution is 0.0302. The molecule has 134 valence electrons. The van der Waals surface area contributed by atoms with Crippen molar-refractivity contribution in [2.45, 2.75) is 31.1 Å². The quantitative estimate of drug-likeness (QED) is 0.829. The molecule has 0 spiro atoms. The third-order valence-corrected chi connectivity index (χ3v) is 5.93. The van der Waals surface area contributed by atoms with E-state index in [1.807, 2.05) is 6.92 Å². The maximum absolute atomic E-state index is 12.7. The van der Waals surface area contributed by atoms with Crippen molar-refractivity contribution in [1.29, 1.82) is 0 Å². The number of nitrogens with zero attached hydrogens (tertiary/aromatic N) is 2. The van der Waals surface area contributed by atoms with Crippen molar-refractivity contribution in [2.24, 2.45) is 5.73 Å². The van der Waals surface area contributed by atoms with Gasteiger partial charge in [-0.1, -0.05) is 12.1 Å². The molecule has 1 saturated heterocycles. The minimum atomic E-state index is -3.57. The number of anilines is 1. The van der Waals surface area contributed by atoms with Gasteiger partial charge in [-0.05, 0) is 38.0 Å². The Hall–Kier alpha value is -2.39. The van der Waals surface area contributed by atoms with Crippen molar-refractivity contribution in [3.8, 4) is 5.69 Å². The molecule has 2 heterocycles. The predicted molar refractivity (Wildman–Crippen MR) is 93.1 cm³/mol. The molecule has 9 heteroatoms. The van der Waals surface area contributed by atoms with Crippen molar-refractivity contribution in [2.75, 3.05) is 11.3 Å². The summed E-state index contributed by atoms with van der Waals surface area (Å²) in [4.78, 5) is 11.2. The summed E-state index contributed by atoms with van der Waals surface area (Å²) in [6.45, 7) is 2.29. The highest BCUT2D eigenvalue weighted by Crippen LogP contribution is 2.26. The van der Waals surface area contributed by atoms with Crippen LogP contribution >= 0.6 is 0 Å². The van der Waals surface area contributed by atoms with Crippen molar-refractivity contribution in [3.63, 3.8) is 0 Å². The molecule has 8 nitrogen and oxygen atoms in total. The van der Waals surface area contributed by atoms with E-state index in [-0.39, 0.29) is 11.8 Å². The molecule has 1 amide bonds. The highest BCUT2D eigenvalue weighted by molar-refractivity contribution is 7.93. The Labute approximate surface area is 146 Å². The molecule has 1 aromatic heterocycles. The highest BCUT2D eigenvalue weighted by atomic mass is 32.2. The summed E-state index contributed by atoms with van der Waals surface area (Å²) in [5.41, 5.74) is 6.23. The number of sulfonamides is 1. The minimum Gasteiger partial charge on any atom is -0.378 e. The number of primary amides is 1. The Bertz CT molecular complexity index is 878. The standard InChI is InChI=1S/C16H20N4O4S/c1-11-10-12(7-9-24-11)25(22,23)19-13-4-2-3-5-15(13)20-8-6-14(18-20)16(17)21/h2-6,8,11-12,19H,7,9-10H2,1H3,(H2,17,21). The van der Waals surface area contributed by atoms with Gasteiger partial charge in [0.25, 0.3) is 5.91 Å². The largest absolute Gasteiger partial charge is 0.378 e. The van der Waals surface area contributed by atoms with Crippen LogP contribution in [-0.2, 0) is 14.8 Å². The fraction of sp³-hybridized carbons (Fsp3) is 0.375. The van der Waals surface area contributed by atoms with Gasteiger partial charge in [0, 0.05) is 12.8 Å². The fourth-order valence-corrected chi connectivity index (χ4v) is 4.40. The topological polar surface area (TPSA) is 116 Å². The van der Waals surface area contributed by atoms with Gasteiger partial charge >= 0.3 is 0 Å². The first-order valence-electron chi connectivity index (χ1n) is 7.95. The number of carbonyl (C=O) groups is 1. The first-order chi connectivity index (χ1) is 11.9. The van der Waals surface area contributed by atoms with E-state index < -0.39 is 21.2 Å². The molecule has 1 aliphatic heterocycles. The van der Waals surface area contributed by atoms with E-state index >= 15 is 0 Å². The van der Waals surface area contributed by atoms with Crippen LogP contribution in [-0.4, -0.2) is 42.1 Å². The van der Waals surface area contributed by atoms with E-state index in [1.54, 1.807) is 30.5 Å². The third kappa shape index (κ3) is 3.83. The number of amides is 1. The number of nitrogens with two attached hydrogens (primary N) is 1. The number of aromatic nitrogens is 2. The molecule has 1 aliphatic rings.